The minimum Gasteiger partial charge on any atom is -0.472 e. The van der Waals surface area contributed by atoms with Gasteiger partial charge in [0.05, 0.1) is 23.8 Å². The van der Waals surface area contributed by atoms with Gasteiger partial charge < -0.3 is 15.1 Å². The van der Waals surface area contributed by atoms with Crippen LogP contribution in [-0.4, -0.2) is 28.3 Å². The van der Waals surface area contributed by atoms with Crippen LogP contribution in [0.3, 0.4) is 0 Å². The first-order valence-corrected chi connectivity index (χ1v) is 8.77. The maximum atomic E-state index is 8.45. The molecule has 24 heavy (non-hydrogen) atoms. The maximum Gasteiger partial charge on any atom is 0.224 e. The molecular weight excluding hydrogens is 302 g/mol. The van der Waals surface area contributed by atoms with E-state index in [1.807, 2.05) is 0 Å². The summed E-state index contributed by atoms with van der Waals surface area (Å²) in [5.41, 5.74) is 1.83. The molecule has 6 nitrogen and oxygen atoms in total. The zero-order chi connectivity index (χ0) is 16.8. The molecular formula is C18H27N5O. The fourth-order valence-corrected chi connectivity index (χ4v) is 3.00. The predicted octanol–water partition coefficient (Wildman–Crippen LogP) is 4.30. The van der Waals surface area contributed by atoms with E-state index in [2.05, 4.69) is 27.5 Å². The van der Waals surface area contributed by atoms with Crippen LogP contribution in [0.15, 0.2) is 29.2 Å². The second kappa shape index (κ2) is 7.95. The lowest BCUT2D eigenvalue weighted by molar-refractivity contribution is 0.462. The molecule has 2 heterocycles. The molecule has 1 fully saturated rings. The molecule has 6 heteroatoms. The van der Waals surface area contributed by atoms with Crippen molar-refractivity contribution in [2.24, 2.45) is 0 Å². The van der Waals surface area contributed by atoms with Gasteiger partial charge >= 0.3 is 0 Å². The molecule has 0 aromatic carbocycles. The molecule has 0 amide bonds. The highest BCUT2D eigenvalue weighted by atomic mass is 16.3. The molecule has 1 saturated carbocycles. The lowest BCUT2D eigenvalue weighted by Crippen LogP contribution is -2.25. The minimum atomic E-state index is 0. The number of rotatable bonds is 7. The van der Waals surface area contributed by atoms with Crippen LogP contribution < -0.4 is 10.6 Å². The van der Waals surface area contributed by atoms with Crippen LogP contribution in [0.1, 0.15) is 58.0 Å². The molecule has 3 rings (SSSR count). The number of aromatic nitrogens is 2. The second-order valence-electron chi connectivity index (χ2n) is 6.25. The summed E-state index contributed by atoms with van der Waals surface area (Å²) in [5, 5.41) is 15.2. The molecule has 3 N–H and O–H groups in total. The lowest BCUT2D eigenvalue weighted by atomic mass is 9.95. The lowest BCUT2D eigenvalue weighted by Gasteiger charge is -2.24. The summed E-state index contributed by atoms with van der Waals surface area (Å²) >= 11 is 0. The van der Waals surface area contributed by atoms with Gasteiger partial charge in [-0.15, -0.1) is 0 Å². The standard InChI is InChI=1S/C18H25N5O.H2/c1-2-9-20-18-21-11-15(16(19)13-8-10-24-12-13)17(23-18)22-14-6-4-3-5-7-14;/h8,10-12,14,19H,2-7,9H2,1H3,(H2,20,21,22,23);1H. The zero-order valence-corrected chi connectivity index (χ0v) is 14.1. The van der Waals surface area contributed by atoms with Crippen LogP contribution in [-0.2, 0) is 0 Å². The van der Waals surface area contributed by atoms with Crippen molar-refractivity contribution >= 4 is 17.5 Å². The first kappa shape index (κ1) is 16.5. The minimum absolute atomic E-state index is 0. The molecule has 0 spiro atoms. The second-order valence-corrected chi connectivity index (χ2v) is 6.25. The third-order valence-corrected chi connectivity index (χ3v) is 4.35. The molecule has 2 aromatic heterocycles. The van der Waals surface area contributed by atoms with Crippen LogP contribution in [0.4, 0.5) is 11.8 Å². The first-order valence-electron chi connectivity index (χ1n) is 8.77. The van der Waals surface area contributed by atoms with E-state index in [-0.39, 0.29) is 1.43 Å². The summed E-state index contributed by atoms with van der Waals surface area (Å²) in [6.07, 6.45) is 12.0. The third kappa shape index (κ3) is 3.93. The van der Waals surface area contributed by atoms with E-state index in [9.17, 15) is 0 Å². The smallest absolute Gasteiger partial charge is 0.224 e. The number of nitrogens with zero attached hydrogens (tertiary/aromatic N) is 2. The Bertz CT molecular complexity index is 668. The Morgan fingerprint density at radius 2 is 2.21 bits per heavy atom. The van der Waals surface area contributed by atoms with Crippen LogP contribution in [0.25, 0.3) is 0 Å². The fourth-order valence-electron chi connectivity index (χ4n) is 3.00. The molecule has 1 aliphatic carbocycles. The fraction of sp³-hybridized carbons (Fsp3) is 0.500. The zero-order valence-electron chi connectivity index (χ0n) is 14.1. The molecule has 0 bridgehead atoms. The molecule has 0 aliphatic heterocycles. The van der Waals surface area contributed by atoms with Crippen molar-refractivity contribution < 1.29 is 5.84 Å². The Hall–Kier alpha value is -2.37. The van der Waals surface area contributed by atoms with Crippen molar-refractivity contribution in [3.63, 3.8) is 0 Å². The summed E-state index contributed by atoms with van der Waals surface area (Å²) in [4.78, 5) is 9.00. The summed E-state index contributed by atoms with van der Waals surface area (Å²) in [7, 11) is 0. The molecule has 0 saturated heterocycles. The number of anilines is 2. The molecule has 2 aromatic rings. The quantitative estimate of drug-likeness (QED) is 0.659. The van der Waals surface area contributed by atoms with Gasteiger partial charge in [0.1, 0.15) is 5.82 Å². The highest BCUT2D eigenvalue weighted by Crippen LogP contribution is 2.24. The van der Waals surface area contributed by atoms with Crippen molar-refractivity contribution in [1.82, 2.24) is 9.97 Å². The molecule has 1 aliphatic rings. The Kier molecular flexibility index (Phi) is 5.46. The largest absolute Gasteiger partial charge is 0.472 e. The van der Waals surface area contributed by atoms with Crippen LogP contribution in [0.2, 0.25) is 0 Å². The summed E-state index contributed by atoms with van der Waals surface area (Å²) in [6.45, 7) is 2.94. The SMILES string of the molecule is CCCNc1ncc(C(=N)c2ccoc2)c(NC2CCCCC2)n1.[HH]. The van der Waals surface area contributed by atoms with Gasteiger partial charge in [0.2, 0.25) is 5.95 Å². The van der Waals surface area contributed by atoms with E-state index in [4.69, 9.17) is 9.83 Å². The van der Waals surface area contributed by atoms with Gasteiger partial charge in [0.15, 0.2) is 0 Å². The van der Waals surface area contributed by atoms with Gasteiger partial charge in [-0.2, -0.15) is 4.98 Å². The van der Waals surface area contributed by atoms with E-state index in [0.29, 0.717) is 23.3 Å². The molecule has 0 radical (unpaired) electrons. The Morgan fingerprint density at radius 1 is 1.38 bits per heavy atom. The highest BCUT2D eigenvalue weighted by Gasteiger charge is 2.19. The highest BCUT2D eigenvalue weighted by molar-refractivity contribution is 6.13. The van der Waals surface area contributed by atoms with Crippen molar-refractivity contribution in [1.29, 1.82) is 5.41 Å². The summed E-state index contributed by atoms with van der Waals surface area (Å²) in [6, 6.07) is 2.21. The predicted molar refractivity (Wildman–Crippen MR) is 98.1 cm³/mol. The van der Waals surface area contributed by atoms with Gasteiger partial charge in [-0.25, -0.2) is 4.98 Å². The number of furan rings is 1. The topological polar surface area (TPSA) is 86.8 Å². The van der Waals surface area contributed by atoms with Crippen molar-refractivity contribution in [2.45, 2.75) is 51.5 Å². The number of hydrogen-bond acceptors (Lipinski definition) is 6. The summed E-state index contributed by atoms with van der Waals surface area (Å²) in [5.74, 6) is 1.35. The van der Waals surface area contributed by atoms with Gasteiger partial charge in [0, 0.05) is 25.8 Å². The Balaban J connectivity index is 0.00000225. The van der Waals surface area contributed by atoms with E-state index >= 15 is 0 Å². The maximum absolute atomic E-state index is 8.45. The van der Waals surface area contributed by atoms with Gasteiger partial charge in [-0.1, -0.05) is 26.2 Å². The molecule has 130 valence electrons. The van der Waals surface area contributed by atoms with Gasteiger partial charge in [-0.3, -0.25) is 5.41 Å². The average Bonchev–Trinajstić information content (AvgIpc) is 3.15. The van der Waals surface area contributed by atoms with E-state index < -0.39 is 0 Å². The average molecular weight is 329 g/mol. The normalized spacial score (nSPS) is 15.2. The van der Waals surface area contributed by atoms with E-state index in [1.54, 1.807) is 24.8 Å². The molecule has 0 unspecified atom stereocenters. The number of nitrogens with one attached hydrogen (secondary N) is 3. The van der Waals surface area contributed by atoms with E-state index in [0.717, 1.165) is 37.2 Å². The monoisotopic (exact) mass is 329 g/mol. The van der Waals surface area contributed by atoms with Gasteiger partial charge in [-0.05, 0) is 25.3 Å². The number of hydrogen-bond donors (Lipinski definition) is 3. The van der Waals surface area contributed by atoms with E-state index in [1.165, 1.54) is 19.3 Å². The van der Waals surface area contributed by atoms with Crippen LogP contribution >= 0.6 is 0 Å². The Morgan fingerprint density at radius 3 is 2.92 bits per heavy atom. The van der Waals surface area contributed by atoms with Crippen molar-refractivity contribution in [3.8, 4) is 0 Å². The first-order chi connectivity index (χ1) is 11.8. The van der Waals surface area contributed by atoms with Crippen LogP contribution in [0, 0.1) is 5.41 Å². The summed E-state index contributed by atoms with van der Waals surface area (Å²) < 4.78 is 5.11. The van der Waals surface area contributed by atoms with Crippen molar-refractivity contribution in [2.75, 3.05) is 17.2 Å². The third-order valence-electron chi connectivity index (χ3n) is 4.35. The van der Waals surface area contributed by atoms with Gasteiger partial charge in [0.25, 0.3) is 0 Å². The molecule has 0 atom stereocenters. The Labute approximate surface area is 144 Å². The van der Waals surface area contributed by atoms with Crippen molar-refractivity contribution in [3.05, 3.63) is 35.9 Å². The van der Waals surface area contributed by atoms with Crippen LogP contribution in [0.5, 0.6) is 0 Å².